The Balaban J connectivity index is 0. The van der Waals surface area contributed by atoms with Crippen molar-refractivity contribution in [1.82, 2.24) is 0 Å². The molecule has 1 heteroatoms. The minimum atomic E-state index is 1.32. The summed E-state index contributed by atoms with van der Waals surface area (Å²) >= 11 is 4.64. The van der Waals surface area contributed by atoms with E-state index in [9.17, 15) is 0 Å². The number of rotatable bonds is 0. The maximum absolute atomic E-state index is 4.64. The van der Waals surface area contributed by atoms with Gasteiger partial charge < -0.3 is 0 Å². The standard InChI is InChI=1S/C7H8.C2H6.CH3Cl/c1-7-5-3-2-4-6-7;2*1-2/h2-6H,1H3;1-2H3;1H3. The van der Waals surface area contributed by atoms with E-state index in [1.54, 1.807) is 0 Å². The SMILES string of the molecule is CC.CCl.Cc1ccccc1. The van der Waals surface area contributed by atoms with Crippen molar-refractivity contribution in [2.24, 2.45) is 0 Å². The first-order chi connectivity index (χ1) is 5.39. The maximum atomic E-state index is 4.64. The molecule has 0 radical (unpaired) electrons. The van der Waals surface area contributed by atoms with Crippen LogP contribution in [0.1, 0.15) is 19.4 Å². The summed E-state index contributed by atoms with van der Waals surface area (Å²) in [6.45, 7) is 6.08. The number of benzene rings is 1. The van der Waals surface area contributed by atoms with Crippen LogP contribution in [0.15, 0.2) is 30.3 Å². The first-order valence-electron chi connectivity index (χ1n) is 3.79. The zero-order valence-electron chi connectivity index (χ0n) is 7.76. The lowest BCUT2D eigenvalue weighted by molar-refractivity contribution is 1.48. The largest absolute Gasteiger partial charge is 0.130 e. The molecule has 0 spiro atoms. The van der Waals surface area contributed by atoms with E-state index < -0.39 is 0 Å². The van der Waals surface area contributed by atoms with Gasteiger partial charge in [-0.1, -0.05) is 49.7 Å². The van der Waals surface area contributed by atoms with Crippen molar-refractivity contribution in [1.29, 1.82) is 0 Å². The van der Waals surface area contributed by atoms with E-state index >= 15 is 0 Å². The lowest BCUT2D eigenvalue weighted by atomic mass is 10.2. The smallest absolute Gasteiger partial charge is 0.0108 e. The van der Waals surface area contributed by atoms with E-state index in [0.717, 1.165) is 0 Å². The van der Waals surface area contributed by atoms with Crippen LogP contribution >= 0.6 is 11.6 Å². The van der Waals surface area contributed by atoms with Crippen molar-refractivity contribution in [3.63, 3.8) is 0 Å². The van der Waals surface area contributed by atoms with E-state index in [1.165, 1.54) is 11.9 Å². The monoisotopic (exact) mass is 172 g/mol. The molecule has 0 saturated carbocycles. The van der Waals surface area contributed by atoms with Crippen LogP contribution in [0.25, 0.3) is 0 Å². The highest BCUT2D eigenvalue weighted by molar-refractivity contribution is 6.15. The highest BCUT2D eigenvalue weighted by atomic mass is 35.5. The van der Waals surface area contributed by atoms with Crippen molar-refractivity contribution < 1.29 is 0 Å². The Morgan fingerprint density at radius 3 is 1.45 bits per heavy atom. The molecule has 1 aromatic carbocycles. The molecule has 0 aromatic heterocycles. The van der Waals surface area contributed by atoms with Crippen molar-refractivity contribution in [3.8, 4) is 0 Å². The molecule has 0 unspecified atom stereocenters. The van der Waals surface area contributed by atoms with Gasteiger partial charge in [-0.3, -0.25) is 0 Å². The minimum absolute atomic E-state index is 1.32. The Morgan fingerprint density at radius 2 is 1.27 bits per heavy atom. The van der Waals surface area contributed by atoms with E-state index in [0.29, 0.717) is 0 Å². The van der Waals surface area contributed by atoms with Gasteiger partial charge in [0.15, 0.2) is 0 Å². The number of alkyl halides is 1. The second kappa shape index (κ2) is 12.2. The molecule has 0 heterocycles. The molecule has 0 aliphatic carbocycles. The Morgan fingerprint density at radius 1 is 0.909 bits per heavy atom. The molecule has 0 fully saturated rings. The third-order valence-electron chi connectivity index (χ3n) is 0.940. The first kappa shape index (κ1) is 13.1. The van der Waals surface area contributed by atoms with Gasteiger partial charge >= 0.3 is 0 Å². The average molecular weight is 173 g/mol. The molecular weight excluding hydrogens is 156 g/mol. The molecule has 0 nitrogen and oxygen atoms in total. The van der Waals surface area contributed by atoms with Crippen LogP contribution in [-0.4, -0.2) is 6.38 Å². The van der Waals surface area contributed by atoms with Crippen LogP contribution in [0.5, 0.6) is 0 Å². The van der Waals surface area contributed by atoms with E-state index in [2.05, 4.69) is 30.7 Å². The second-order valence-corrected chi connectivity index (χ2v) is 1.65. The van der Waals surface area contributed by atoms with Crippen LogP contribution in [-0.2, 0) is 0 Å². The normalized spacial score (nSPS) is 6.64. The summed E-state index contributed by atoms with van der Waals surface area (Å²) in [5.74, 6) is 0. The maximum Gasteiger partial charge on any atom is 0.0108 e. The molecule has 0 aliphatic heterocycles. The van der Waals surface area contributed by atoms with E-state index in [1.807, 2.05) is 32.0 Å². The highest BCUT2D eigenvalue weighted by Crippen LogP contribution is 1.92. The predicted molar refractivity (Wildman–Crippen MR) is 54.3 cm³/mol. The molecule has 0 saturated heterocycles. The van der Waals surface area contributed by atoms with Gasteiger partial charge in [-0.25, -0.2) is 0 Å². The fourth-order valence-corrected chi connectivity index (χ4v) is 0.534. The average Bonchev–Trinajstić information content (AvgIpc) is 2.13. The Labute approximate surface area is 75.2 Å². The number of hydrogen-bond acceptors (Lipinski definition) is 0. The third kappa shape index (κ3) is 9.51. The van der Waals surface area contributed by atoms with E-state index in [4.69, 9.17) is 0 Å². The van der Waals surface area contributed by atoms with Crippen molar-refractivity contribution >= 4 is 11.6 Å². The highest BCUT2D eigenvalue weighted by Gasteiger charge is 1.72. The molecule has 0 bridgehead atoms. The lowest BCUT2D eigenvalue weighted by Gasteiger charge is -1.82. The van der Waals surface area contributed by atoms with Gasteiger partial charge in [-0.15, -0.1) is 11.6 Å². The van der Waals surface area contributed by atoms with Crippen molar-refractivity contribution in [3.05, 3.63) is 35.9 Å². The molecule has 0 amide bonds. The topological polar surface area (TPSA) is 0 Å². The van der Waals surface area contributed by atoms with Crippen molar-refractivity contribution in [2.75, 3.05) is 6.38 Å². The van der Waals surface area contributed by atoms with Crippen LogP contribution in [0.4, 0.5) is 0 Å². The fourth-order valence-electron chi connectivity index (χ4n) is 0.534. The summed E-state index contributed by atoms with van der Waals surface area (Å²) in [5, 5.41) is 0. The van der Waals surface area contributed by atoms with Crippen LogP contribution in [0.2, 0.25) is 0 Å². The van der Waals surface area contributed by atoms with Gasteiger partial charge in [-0.2, -0.15) is 0 Å². The molecule has 1 aromatic rings. The molecular formula is C10H17Cl. The quantitative estimate of drug-likeness (QED) is 0.521. The fraction of sp³-hybridized carbons (Fsp3) is 0.400. The zero-order valence-corrected chi connectivity index (χ0v) is 8.52. The predicted octanol–water partition coefficient (Wildman–Crippen LogP) is 3.88. The second-order valence-electron chi connectivity index (χ2n) is 1.65. The van der Waals surface area contributed by atoms with Gasteiger partial charge in [0.05, 0.1) is 0 Å². The molecule has 1 rings (SSSR count). The summed E-state index contributed by atoms with van der Waals surface area (Å²) in [6, 6.07) is 10.3. The molecule has 64 valence electrons. The van der Waals surface area contributed by atoms with Crippen molar-refractivity contribution in [2.45, 2.75) is 20.8 Å². The zero-order chi connectivity index (χ0) is 9.11. The van der Waals surface area contributed by atoms with Crippen LogP contribution in [0, 0.1) is 6.92 Å². The summed E-state index contributed by atoms with van der Waals surface area (Å²) in [4.78, 5) is 0. The molecule has 0 atom stereocenters. The summed E-state index contributed by atoms with van der Waals surface area (Å²) < 4.78 is 0. The van der Waals surface area contributed by atoms with Crippen LogP contribution in [0.3, 0.4) is 0 Å². The van der Waals surface area contributed by atoms with Gasteiger partial charge in [0.25, 0.3) is 0 Å². The molecule has 11 heavy (non-hydrogen) atoms. The van der Waals surface area contributed by atoms with Gasteiger partial charge in [0.2, 0.25) is 0 Å². The molecule has 0 aliphatic rings. The first-order valence-corrected chi connectivity index (χ1v) is 4.54. The number of aryl methyl sites for hydroxylation is 1. The van der Waals surface area contributed by atoms with Gasteiger partial charge in [0.1, 0.15) is 0 Å². The number of hydrogen-bond donors (Lipinski definition) is 0. The Kier molecular flexibility index (Phi) is 14.6. The summed E-state index contributed by atoms with van der Waals surface area (Å²) in [5.41, 5.74) is 1.32. The lowest BCUT2D eigenvalue weighted by Crippen LogP contribution is -1.62. The van der Waals surface area contributed by atoms with Gasteiger partial charge in [-0.05, 0) is 6.92 Å². The Bertz CT molecular complexity index is 135. The number of halogens is 1. The van der Waals surface area contributed by atoms with Crippen LogP contribution < -0.4 is 0 Å². The summed E-state index contributed by atoms with van der Waals surface area (Å²) in [7, 11) is 0. The minimum Gasteiger partial charge on any atom is -0.130 e. The third-order valence-corrected chi connectivity index (χ3v) is 0.940. The molecule has 0 N–H and O–H groups in total. The van der Waals surface area contributed by atoms with Gasteiger partial charge in [0, 0.05) is 6.38 Å². The Hall–Kier alpha value is -0.490. The summed E-state index contributed by atoms with van der Waals surface area (Å²) in [6.07, 6.45) is 1.47. The van der Waals surface area contributed by atoms with E-state index in [-0.39, 0.29) is 0 Å².